The molecule has 4 aromatic rings. The fraction of sp³-hybridized carbons (Fsp3) is 0.217. The fourth-order valence-corrected chi connectivity index (χ4v) is 3.85. The number of nitrogens with zero attached hydrogens (tertiary/aromatic N) is 3. The van der Waals surface area contributed by atoms with E-state index in [0.29, 0.717) is 17.8 Å². The Balaban J connectivity index is 1.91. The first-order chi connectivity index (χ1) is 13.2. The third-order valence-corrected chi connectivity index (χ3v) is 5.20. The van der Waals surface area contributed by atoms with Crippen LogP contribution in [0.25, 0.3) is 34.0 Å². The zero-order chi connectivity index (χ0) is 19.0. The Morgan fingerprint density at radius 2 is 1.56 bits per heavy atom. The lowest BCUT2D eigenvalue weighted by Crippen LogP contribution is -2.22. The summed E-state index contributed by atoms with van der Waals surface area (Å²) >= 11 is 0. The van der Waals surface area contributed by atoms with E-state index in [2.05, 4.69) is 48.8 Å². The minimum Gasteiger partial charge on any atom is -0.345 e. The number of para-hydroxylation sites is 2. The van der Waals surface area contributed by atoms with Crippen molar-refractivity contribution in [3.05, 3.63) is 76.0 Å². The SMILES string of the molecule is CCn1c(/C=C/c2c(C)n(CC)c3ccccc23)nc2ccccc2c1=O. The van der Waals surface area contributed by atoms with Gasteiger partial charge in [-0.15, -0.1) is 0 Å². The van der Waals surface area contributed by atoms with E-state index in [1.54, 1.807) is 4.57 Å². The van der Waals surface area contributed by atoms with Gasteiger partial charge in [-0.1, -0.05) is 30.3 Å². The Bertz CT molecular complexity index is 1230. The zero-order valence-corrected chi connectivity index (χ0v) is 15.9. The van der Waals surface area contributed by atoms with Crippen molar-refractivity contribution >= 4 is 34.0 Å². The lowest BCUT2D eigenvalue weighted by atomic mass is 10.1. The first-order valence-electron chi connectivity index (χ1n) is 9.41. The monoisotopic (exact) mass is 357 g/mol. The summed E-state index contributed by atoms with van der Waals surface area (Å²) in [5.41, 5.74) is 4.38. The van der Waals surface area contributed by atoms with Crippen LogP contribution in [-0.4, -0.2) is 14.1 Å². The predicted molar refractivity (Wildman–Crippen MR) is 113 cm³/mol. The van der Waals surface area contributed by atoms with Crippen molar-refractivity contribution in [2.75, 3.05) is 0 Å². The van der Waals surface area contributed by atoms with Gasteiger partial charge in [0.25, 0.3) is 5.56 Å². The van der Waals surface area contributed by atoms with Gasteiger partial charge in [0.05, 0.1) is 10.9 Å². The largest absolute Gasteiger partial charge is 0.345 e. The quantitative estimate of drug-likeness (QED) is 0.523. The molecule has 0 spiro atoms. The molecular formula is C23H23N3O. The van der Waals surface area contributed by atoms with Gasteiger partial charge >= 0.3 is 0 Å². The molecule has 0 atom stereocenters. The summed E-state index contributed by atoms with van der Waals surface area (Å²) in [4.78, 5) is 17.5. The maximum Gasteiger partial charge on any atom is 0.261 e. The van der Waals surface area contributed by atoms with Crippen molar-refractivity contribution in [3.8, 4) is 0 Å². The second-order valence-corrected chi connectivity index (χ2v) is 6.63. The molecule has 0 unspecified atom stereocenters. The van der Waals surface area contributed by atoms with Gasteiger partial charge in [0, 0.05) is 35.2 Å². The highest BCUT2D eigenvalue weighted by Gasteiger charge is 2.11. The zero-order valence-electron chi connectivity index (χ0n) is 15.9. The second-order valence-electron chi connectivity index (χ2n) is 6.63. The van der Waals surface area contributed by atoms with E-state index in [-0.39, 0.29) is 5.56 Å². The highest BCUT2D eigenvalue weighted by Crippen LogP contribution is 2.27. The minimum atomic E-state index is 0.00968. The highest BCUT2D eigenvalue weighted by atomic mass is 16.1. The standard InChI is InChI=1S/C23H23N3O/c1-4-25-16(3)17(18-10-7-9-13-21(18)25)14-15-22-24-20-12-8-6-11-19(20)23(27)26(22)5-2/h6-15H,4-5H2,1-3H3/b15-14+. The van der Waals surface area contributed by atoms with Crippen LogP contribution in [0.15, 0.2) is 53.3 Å². The lowest BCUT2D eigenvalue weighted by molar-refractivity contribution is 0.708. The summed E-state index contributed by atoms with van der Waals surface area (Å²) in [5, 5.41) is 1.88. The molecule has 0 fully saturated rings. The maximum atomic E-state index is 12.8. The smallest absolute Gasteiger partial charge is 0.261 e. The molecule has 4 heteroatoms. The fourth-order valence-electron chi connectivity index (χ4n) is 3.85. The molecule has 0 amide bonds. The summed E-state index contributed by atoms with van der Waals surface area (Å²) in [6.45, 7) is 7.79. The Hall–Kier alpha value is -3.14. The normalized spacial score (nSPS) is 11.8. The van der Waals surface area contributed by atoms with E-state index in [1.165, 1.54) is 22.2 Å². The second kappa shape index (κ2) is 6.88. The van der Waals surface area contributed by atoms with E-state index in [9.17, 15) is 4.79 Å². The predicted octanol–water partition coefficient (Wildman–Crippen LogP) is 4.87. The van der Waals surface area contributed by atoms with Gasteiger partial charge < -0.3 is 4.57 Å². The Morgan fingerprint density at radius 1 is 0.889 bits per heavy atom. The molecule has 4 nitrogen and oxygen atoms in total. The third kappa shape index (κ3) is 2.78. The summed E-state index contributed by atoms with van der Waals surface area (Å²) in [5.74, 6) is 0.689. The number of hydrogen-bond acceptors (Lipinski definition) is 2. The van der Waals surface area contributed by atoms with E-state index >= 15 is 0 Å². The number of hydrogen-bond donors (Lipinski definition) is 0. The molecule has 0 N–H and O–H groups in total. The van der Waals surface area contributed by atoms with Crippen molar-refractivity contribution in [2.24, 2.45) is 0 Å². The molecule has 0 saturated heterocycles. The van der Waals surface area contributed by atoms with Gasteiger partial charge in [0.2, 0.25) is 0 Å². The topological polar surface area (TPSA) is 39.8 Å². The number of fused-ring (bicyclic) bond motifs is 2. The Kier molecular flexibility index (Phi) is 4.40. The Labute approximate surface area is 158 Å². The first kappa shape index (κ1) is 17.3. The molecule has 0 radical (unpaired) electrons. The van der Waals surface area contributed by atoms with Crippen LogP contribution in [0, 0.1) is 6.92 Å². The molecule has 0 bridgehead atoms. The Morgan fingerprint density at radius 3 is 2.30 bits per heavy atom. The molecule has 0 aliphatic rings. The molecule has 27 heavy (non-hydrogen) atoms. The molecule has 136 valence electrons. The summed E-state index contributed by atoms with van der Waals surface area (Å²) in [7, 11) is 0. The average molecular weight is 357 g/mol. The number of aryl methyl sites for hydroxylation is 1. The van der Waals surface area contributed by atoms with Gasteiger partial charge in [-0.05, 0) is 51.1 Å². The van der Waals surface area contributed by atoms with Crippen LogP contribution in [0.5, 0.6) is 0 Å². The maximum absolute atomic E-state index is 12.8. The number of rotatable bonds is 4. The molecule has 0 aliphatic heterocycles. The van der Waals surface area contributed by atoms with Crippen molar-refractivity contribution in [2.45, 2.75) is 33.9 Å². The van der Waals surface area contributed by atoms with Crippen LogP contribution < -0.4 is 5.56 Å². The summed E-state index contributed by atoms with van der Waals surface area (Å²) in [6, 6.07) is 16.0. The van der Waals surface area contributed by atoms with Crippen LogP contribution in [0.1, 0.15) is 30.9 Å². The van der Waals surface area contributed by atoms with Crippen molar-refractivity contribution in [1.82, 2.24) is 14.1 Å². The molecule has 2 heterocycles. The molecular weight excluding hydrogens is 334 g/mol. The number of benzene rings is 2. The van der Waals surface area contributed by atoms with Crippen molar-refractivity contribution in [3.63, 3.8) is 0 Å². The van der Waals surface area contributed by atoms with Gasteiger partial charge in [-0.25, -0.2) is 4.98 Å². The van der Waals surface area contributed by atoms with Crippen LogP contribution in [-0.2, 0) is 13.1 Å². The molecule has 2 aromatic carbocycles. The molecule has 0 aliphatic carbocycles. The average Bonchev–Trinajstić information content (AvgIpc) is 2.97. The van der Waals surface area contributed by atoms with Gasteiger partial charge in [-0.3, -0.25) is 9.36 Å². The van der Waals surface area contributed by atoms with Crippen LogP contribution in [0.3, 0.4) is 0 Å². The summed E-state index contributed by atoms with van der Waals surface area (Å²) < 4.78 is 4.04. The highest BCUT2D eigenvalue weighted by molar-refractivity contribution is 5.93. The van der Waals surface area contributed by atoms with E-state index in [4.69, 9.17) is 4.98 Å². The lowest BCUT2D eigenvalue weighted by Gasteiger charge is -2.08. The van der Waals surface area contributed by atoms with Crippen LogP contribution in [0.2, 0.25) is 0 Å². The van der Waals surface area contributed by atoms with Gasteiger partial charge in [0.1, 0.15) is 5.82 Å². The number of aromatic nitrogens is 3. The summed E-state index contributed by atoms with van der Waals surface area (Å²) in [6.07, 6.45) is 4.05. The minimum absolute atomic E-state index is 0.00968. The van der Waals surface area contributed by atoms with E-state index < -0.39 is 0 Å². The van der Waals surface area contributed by atoms with E-state index in [1.807, 2.05) is 37.3 Å². The van der Waals surface area contributed by atoms with Gasteiger partial charge in [-0.2, -0.15) is 0 Å². The molecule has 0 saturated carbocycles. The third-order valence-electron chi connectivity index (χ3n) is 5.20. The van der Waals surface area contributed by atoms with Crippen LogP contribution in [0.4, 0.5) is 0 Å². The van der Waals surface area contributed by atoms with Gasteiger partial charge in [0.15, 0.2) is 0 Å². The van der Waals surface area contributed by atoms with Crippen molar-refractivity contribution < 1.29 is 0 Å². The molecule has 2 aromatic heterocycles. The van der Waals surface area contributed by atoms with Crippen molar-refractivity contribution in [1.29, 1.82) is 0 Å². The van der Waals surface area contributed by atoms with Crippen LogP contribution >= 0.6 is 0 Å². The molecule has 4 rings (SSSR count). The first-order valence-corrected chi connectivity index (χ1v) is 9.41. The van der Waals surface area contributed by atoms with E-state index in [0.717, 1.165) is 12.1 Å².